The van der Waals surface area contributed by atoms with Gasteiger partial charge in [-0.15, -0.1) is 11.3 Å². The number of nitrogens with one attached hydrogen (secondary N) is 1. The summed E-state index contributed by atoms with van der Waals surface area (Å²) in [7, 11) is 0. The van der Waals surface area contributed by atoms with Gasteiger partial charge in [-0.25, -0.2) is 4.98 Å². The van der Waals surface area contributed by atoms with Crippen LogP contribution in [0.15, 0.2) is 66.3 Å². The van der Waals surface area contributed by atoms with Gasteiger partial charge in [0.05, 0.1) is 12.7 Å². The molecule has 0 aliphatic rings. The number of nitrogens with zero attached hydrogens (tertiary/aromatic N) is 3. The number of hydrogen-bond acceptors (Lipinski definition) is 4. The number of rotatable bonds is 4. The highest BCUT2D eigenvalue weighted by Crippen LogP contribution is 2.24. The van der Waals surface area contributed by atoms with Crippen molar-refractivity contribution in [1.82, 2.24) is 14.6 Å². The van der Waals surface area contributed by atoms with E-state index in [1.807, 2.05) is 41.2 Å². The number of benzene rings is 1. The molecule has 0 saturated carbocycles. The molecule has 0 fully saturated rings. The molecular weight excluding hydrogens is 292 g/mol. The van der Waals surface area contributed by atoms with Crippen LogP contribution in [0.1, 0.15) is 4.88 Å². The minimum atomic E-state index is 0.789. The average Bonchev–Trinajstić information content (AvgIpc) is 3.23. The van der Waals surface area contributed by atoms with E-state index in [-0.39, 0.29) is 0 Å². The molecule has 108 valence electrons. The third-order valence-electron chi connectivity index (χ3n) is 3.51. The Labute approximate surface area is 132 Å². The Morgan fingerprint density at radius 1 is 1.05 bits per heavy atom. The Kier molecular flexibility index (Phi) is 3.33. The third-order valence-corrected chi connectivity index (χ3v) is 4.39. The molecule has 0 aliphatic heterocycles. The summed E-state index contributed by atoms with van der Waals surface area (Å²) in [6, 6.07) is 16.3. The second-order valence-electron chi connectivity index (χ2n) is 4.92. The highest BCUT2D eigenvalue weighted by molar-refractivity contribution is 7.09. The van der Waals surface area contributed by atoms with Crippen LogP contribution in [0.25, 0.3) is 16.8 Å². The van der Waals surface area contributed by atoms with Gasteiger partial charge < -0.3 is 5.32 Å². The SMILES string of the molecule is c1ccc(-c2cnn3c(NCc4cccs4)ccnc23)cc1. The predicted octanol–water partition coefficient (Wildman–Crippen LogP) is 4.07. The average molecular weight is 306 g/mol. The van der Waals surface area contributed by atoms with E-state index in [1.165, 1.54) is 4.88 Å². The Morgan fingerprint density at radius 2 is 1.95 bits per heavy atom. The lowest BCUT2D eigenvalue weighted by molar-refractivity contribution is 0.928. The fourth-order valence-electron chi connectivity index (χ4n) is 2.44. The molecule has 0 amide bonds. The van der Waals surface area contributed by atoms with Gasteiger partial charge in [0.1, 0.15) is 5.82 Å². The van der Waals surface area contributed by atoms with Crippen LogP contribution in [-0.2, 0) is 6.54 Å². The molecule has 0 saturated heterocycles. The monoisotopic (exact) mass is 306 g/mol. The Hall–Kier alpha value is -2.66. The van der Waals surface area contributed by atoms with E-state index in [1.54, 1.807) is 11.3 Å². The van der Waals surface area contributed by atoms with Gasteiger partial charge in [-0.3, -0.25) is 0 Å². The Bertz CT molecular complexity index is 882. The zero-order valence-electron chi connectivity index (χ0n) is 11.8. The molecule has 0 radical (unpaired) electrons. The number of anilines is 1. The van der Waals surface area contributed by atoms with Crippen molar-refractivity contribution in [2.45, 2.75) is 6.54 Å². The van der Waals surface area contributed by atoms with Crippen molar-refractivity contribution in [2.75, 3.05) is 5.32 Å². The number of thiophene rings is 1. The van der Waals surface area contributed by atoms with Gasteiger partial charge in [0.15, 0.2) is 5.65 Å². The van der Waals surface area contributed by atoms with Crippen LogP contribution < -0.4 is 5.32 Å². The van der Waals surface area contributed by atoms with E-state index < -0.39 is 0 Å². The third kappa shape index (κ3) is 2.35. The van der Waals surface area contributed by atoms with Gasteiger partial charge in [0.25, 0.3) is 0 Å². The van der Waals surface area contributed by atoms with Gasteiger partial charge >= 0.3 is 0 Å². The quantitative estimate of drug-likeness (QED) is 0.618. The van der Waals surface area contributed by atoms with Crippen molar-refractivity contribution in [3.05, 3.63) is 71.2 Å². The van der Waals surface area contributed by atoms with Crippen molar-refractivity contribution in [3.8, 4) is 11.1 Å². The number of aromatic nitrogens is 3. The van der Waals surface area contributed by atoms with Crippen molar-refractivity contribution in [3.63, 3.8) is 0 Å². The molecule has 0 spiro atoms. The first kappa shape index (κ1) is 13.0. The maximum absolute atomic E-state index is 4.49. The summed E-state index contributed by atoms with van der Waals surface area (Å²) in [6.07, 6.45) is 3.69. The van der Waals surface area contributed by atoms with Gasteiger partial charge in [-0.2, -0.15) is 9.61 Å². The normalized spacial score (nSPS) is 10.9. The Morgan fingerprint density at radius 3 is 2.77 bits per heavy atom. The zero-order valence-corrected chi connectivity index (χ0v) is 12.6. The molecule has 0 bridgehead atoms. The molecule has 1 aromatic carbocycles. The zero-order chi connectivity index (χ0) is 14.8. The molecular formula is C17H14N4S. The van der Waals surface area contributed by atoms with Crippen LogP contribution in [0, 0.1) is 0 Å². The van der Waals surface area contributed by atoms with E-state index in [2.05, 4.69) is 45.0 Å². The van der Waals surface area contributed by atoms with Gasteiger partial charge in [-0.05, 0) is 23.1 Å². The second-order valence-corrected chi connectivity index (χ2v) is 5.95. The molecule has 3 heterocycles. The number of hydrogen-bond donors (Lipinski definition) is 1. The lowest BCUT2D eigenvalue weighted by Gasteiger charge is -2.07. The summed E-state index contributed by atoms with van der Waals surface area (Å²) in [4.78, 5) is 5.78. The first-order valence-corrected chi connectivity index (χ1v) is 7.94. The molecule has 0 atom stereocenters. The Balaban J connectivity index is 1.71. The molecule has 22 heavy (non-hydrogen) atoms. The van der Waals surface area contributed by atoms with Gasteiger partial charge in [0.2, 0.25) is 0 Å². The van der Waals surface area contributed by atoms with Crippen LogP contribution in [0.2, 0.25) is 0 Å². The number of fused-ring (bicyclic) bond motifs is 1. The predicted molar refractivity (Wildman–Crippen MR) is 90.1 cm³/mol. The summed E-state index contributed by atoms with van der Waals surface area (Å²) in [5.74, 6) is 0.945. The maximum Gasteiger partial charge on any atom is 0.165 e. The lowest BCUT2D eigenvalue weighted by Crippen LogP contribution is -2.04. The maximum atomic E-state index is 4.49. The van der Waals surface area contributed by atoms with Crippen LogP contribution in [-0.4, -0.2) is 14.6 Å². The van der Waals surface area contributed by atoms with Crippen LogP contribution in [0.5, 0.6) is 0 Å². The summed E-state index contributed by atoms with van der Waals surface area (Å²) < 4.78 is 1.86. The fourth-order valence-corrected chi connectivity index (χ4v) is 3.08. The van der Waals surface area contributed by atoms with E-state index in [4.69, 9.17) is 0 Å². The van der Waals surface area contributed by atoms with Crippen molar-refractivity contribution < 1.29 is 0 Å². The van der Waals surface area contributed by atoms with Crippen molar-refractivity contribution in [2.24, 2.45) is 0 Å². The first-order valence-electron chi connectivity index (χ1n) is 7.06. The molecule has 0 unspecified atom stereocenters. The fraction of sp³-hybridized carbons (Fsp3) is 0.0588. The first-order chi connectivity index (χ1) is 10.9. The topological polar surface area (TPSA) is 42.2 Å². The smallest absolute Gasteiger partial charge is 0.165 e. The van der Waals surface area contributed by atoms with Gasteiger partial charge in [-0.1, -0.05) is 36.4 Å². The molecule has 1 N–H and O–H groups in total. The highest BCUT2D eigenvalue weighted by Gasteiger charge is 2.10. The van der Waals surface area contributed by atoms with E-state index in [9.17, 15) is 0 Å². The van der Waals surface area contributed by atoms with E-state index in [0.29, 0.717) is 0 Å². The summed E-state index contributed by atoms with van der Waals surface area (Å²) in [5.41, 5.74) is 3.03. The van der Waals surface area contributed by atoms with Crippen LogP contribution in [0.4, 0.5) is 5.82 Å². The minimum Gasteiger partial charge on any atom is -0.365 e. The van der Waals surface area contributed by atoms with E-state index >= 15 is 0 Å². The molecule has 4 aromatic rings. The molecule has 4 nitrogen and oxygen atoms in total. The van der Waals surface area contributed by atoms with Crippen molar-refractivity contribution >= 4 is 22.8 Å². The lowest BCUT2D eigenvalue weighted by atomic mass is 10.1. The standard InChI is InChI=1S/C17H14N4S/c1-2-5-13(6-3-1)15-12-20-21-16(8-9-18-17(15)21)19-11-14-7-4-10-22-14/h1-10,12,19H,11H2. The highest BCUT2D eigenvalue weighted by atomic mass is 32.1. The minimum absolute atomic E-state index is 0.789. The van der Waals surface area contributed by atoms with Crippen LogP contribution in [0.3, 0.4) is 0 Å². The molecule has 3 aromatic heterocycles. The summed E-state index contributed by atoms with van der Waals surface area (Å²) in [5, 5.41) is 10.00. The van der Waals surface area contributed by atoms with Crippen molar-refractivity contribution in [1.29, 1.82) is 0 Å². The second kappa shape index (κ2) is 5.61. The summed E-state index contributed by atoms with van der Waals surface area (Å²) in [6.45, 7) is 0.789. The molecule has 0 aliphatic carbocycles. The largest absolute Gasteiger partial charge is 0.365 e. The summed E-state index contributed by atoms with van der Waals surface area (Å²) >= 11 is 1.74. The molecule has 5 heteroatoms. The van der Waals surface area contributed by atoms with Crippen LogP contribution >= 0.6 is 11.3 Å². The van der Waals surface area contributed by atoms with Gasteiger partial charge in [0, 0.05) is 16.6 Å². The molecule has 4 rings (SSSR count). The van der Waals surface area contributed by atoms with E-state index in [0.717, 1.165) is 29.1 Å².